The summed E-state index contributed by atoms with van der Waals surface area (Å²) in [6.07, 6.45) is 0. The summed E-state index contributed by atoms with van der Waals surface area (Å²) in [4.78, 5) is 10.0. The first-order chi connectivity index (χ1) is 6.49. The van der Waals surface area contributed by atoms with Crippen LogP contribution in [-0.4, -0.2) is 12.0 Å². The first-order valence-corrected chi connectivity index (χ1v) is 4.62. The molecule has 0 aliphatic heterocycles. The Bertz CT molecular complexity index is 397. The summed E-state index contributed by atoms with van der Waals surface area (Å²) in [5.41, 5.74) is 5.03. The summed E-state index contributed by atoms with van der Waals surface area (Å²) in [6.45, 7) is 0. The van der Waals surface area contributed by atoms with E-state index in [2.05, 4.69) is 15.9 Å². The van der Waals surface area contributed by atoms with Crippen molar-refractivity contribution in [2.75, 3.05) is 12.8 Å². The van der Waals surface area contributed by atoms with E-state index < -0.39 is 4.92 Å². The van der Waals surface area contributed by atoms with Gasteiger partial charge in [-0.2, -0.15) is 0 Å². The van der Waals surface area contributed by atoms with E-state index >= 15 is 0 Å². The predicted molar refractivity (Wildman–Crippen MR) is 56.8 cm³/mol. The van der Waals surface area contributed by atoms with Crippen LogP contribution in [0.3, 0.4) is 0 Å². The fourth-order valence-electron chi connectivity index (χ4n) is 0.979. The van der Waals surface area contributed by atoms with Crippen molar-refractivity contribution < 1.29 is 9.66 Å². The van der Waals surface area contributed by atoms with Gasteiger partial charge in [0.25, 0.3) is 0 Å². The second-order valence-electron chi connectivity index (χ2n) is 2.39. The minimum atomic E-state index is -0.634. The summed E-state index contributed by atoms with van der Waals surface area (Å²) in [5, 5.41) is 10.8. The van der Waals surface area contributed by atoms with Crippen LogP contribution in [0.5, 0.6) is 5.75 Å². The van der Waals surface area contributed by atoms with Crippen LogP contribution >= 0.6 is 27.5 Å². The molecule has 1 aromatic rings. The molecule has 7 heteroatoms. The molecule has 2 N–H and O–H groups in total. The van der Waals surface area contributed by atoms with Crippen molar-refractivity contribution in [1.29, 1.82) is 0 Å². The number of hydrogen-bond acceptors (Lipinski definition) is 4. The third kappa shape index (κ3) is 1.76. The van der Waals surface area contributed by atoms with Gasteiger partial charge in [0.15, 0.2) is 0 Å². The normalized spacial score (nSPS) is 9.93. The maximum Gasteiger partial charge on any atom is 0.336 e. The molecule has 0 heterocycles. The van der Waals surface area contributed by atoms with Gasteiger partial charge < -0.3 is 10.5 Å². The summed E-state index contributed by atoms with van der Waals surface area (Å²) < 4.78 is 5.24. The second-order valence-corrected chi connectivity index (χ2v) is 3.65. The van der Waals surface area contributed by atoms with E-state index in [9.17, 15) is 10.1 Å². The van der Waals surface area contributed by atoms with Gasteiger partial charge in [0, 0.05) is 0 Å². The third-order valence-corrected chi connectivity index (χ3v) is 2.49. The molecule has 5 nitrogen and oxygen atoms in total. The molecule has 0 aliphatic rings. The zero-order valence-corrected chi connectivity index (χ0v) is 9.42. The van der Waals surface area contributed by atoms with E-state index in [-0.39, 0.29) is 22.1 Å². The lowest BCUT2D eigenvalue weighted by Gasteiger charge is -2.07. The summed E-state index contributed by atoms with van der Waals surface area (Å²) >= 11 is 8.77. The zero-order valence-electron chi connectivity index (χ0n) is 7.08. The molecule has 0 aliphatic carbocycles. The fraction of sp³-hybridized carbons (Fsp3) is 0.143. The van der Waals surface area contributed by atoms with Crippen LogP contribution in [-0.2, 0) is 0 Å². The molecule has 0 unspecified atom stereocenters. The van der Waals surface area contributed by atoms with Crippen molar-refractivity contribution in [3.8, 4) is 5.75 Å². The molecule has 0 saturated heterocycles. The van der Waals surface area contributed by atoms with E-state index in [1.54, 1.807) is 0 Å². The minimum absolute atomic E-state index is 0.0666. The molecule has 0 saturated carbocycles. The lowest BCUT2D eigenvalue weighted by molar-refractivity contribution is -0.384. The van der Waals surface area contributed by atoms with E-state index in [0.29, 0.717) is 4.47 Å². The fourth-order valence-corrected chi connectivity index (χ4v) is 1.89. The highest BCUT2D eigenvalue weighted by Gasteiger charge is 2.24. The molecule has 0 aromatic heterocycles. The van der Waals surface area contributed by atoms with Gasteiger partial charge in [-0.3, -0.25) is 10.1 Å². The van der Waals surface area contributed by atoms with E-state index in [4.69, 9.17) is 22.1 Å². The quantitative estimate of drug-likeness (QED) is 0.513. The molecule has 0 radical (unpaired) electrons. The summed E-state index contributed by atoms with van der Waals surface area (Å²) in [7, 11) is 1.32. The van der Waals surface area contributed by atoms with Crippen molar-refractivity contribution in [3.63, 3.8) is 0 Å². The molecule has 1 aromatic carbocycles. The number of nitrogen functional groups attached to an aromatic ring is 1. The van der Waals surface area contributed by atoms with Crippen LogP contribution < -0.4 is 10.5 Å². The SMILES string of the molecule is COc1c(Br)cc(Cl)c(N)c1[N+](=O)[O-]. The number of nitro benzene ring substituents is 1. The molecule has 1 rings (SSSR count). The Morgan fingerprint density at radius 1 is 1.71 bits per heavy atom. The number of hydrogen-bond donors (Lipinski definition) is 1. The smallest absolute Gasteiger partial charge is 0.336 e. The van der Waals surface area contributed by atoms with Crippen molar-refractivity contribution in [3.05, 3.63) is 25.7 Å². The Morgan fingerprint density at radius 2 is 2.29 bits per heavy atom. The average molecular weight is 281 g/mol. The number of rotatable bonds is 2. The Labute approximate surface area is 93.1 Å². The summed E-state index contributed by atoms with van der Waals surface area (Å²) in [5.74, 6) is 0.0666. The zero-order chi connectivity index (χ0) is 10.9. The Kier molecular flexibility index (Phi) is 3.17. The number of ether oxygens (including phenoxy) is 1. The largest absolute Gasteiger partial charge is 0.489 e. The molecule has 76 valence electrons. The van der Waals surface area contributed by atoms with Crippen LogP contribution in [0.15, 0.2) is 10.5 Å². The predicted octanol–water partition coefficient (Wildman–Crippen LogP) is 2.60. The molecule has 0 atom stereocenters. The molecular formula is C7H6BrClN2O3. The van der Waals surface area contributed by atoms with Crippen molar-refractivity contribution in [1.82, 2.24) is 0 Å². The van der Waals surface area contributed by atoms with Crippen molar-refractivity contribution >= 4 is 38.9 Å². The minimum Gasteiger partial charge on any atom is -0.489 e. The lowest BCUT2D eigenvalue weighted by atomic mass is 10.2. The summed E-state index contributed by atoms with van der Waals surface area (Å²) in [6, 6.07) is 1.45. The number of nitro groups is 1. The van der Waals surface area contributed by atoms with Crippen LogP contribution in [0, 0.1) is 10.1 Å². The molecule has 0 amide bonds. The van der Waals surface area contributed by atoms with E-state index in [0.717, 1.165) is 0 Å². The van der Waals surface area contributed by atoms with Gasteiger partial charge in [0.05, 0.1) is 21.5 Å². The maximum absolute atomic E-state index is 10.7. The monoisotopic (exact) mass is 280 g/mol. The van der Waals surface area contributed by atoms with E-state index in [1.165, 1.54) is 13.2 Å². The molecule has 14 heavy (non-hydrogen) atoms. The van der Waals surface area contributed by atoms with Crippen molar-refractivity contribution in [2.24, 2.45) is 0 Å². The van der Waals surface area contributed by atoms with Crippen LogP contribution in [0.2, 0.25) is 5.02 Å². The van der Waals surface area contributed by atoms with E-state index in [1.807, 2.05) is 0 Å². The Morgan fingerprint density at radius 3 is 2.71 bits per heavy atom. The molecular weight excluding hydrogens is 275 g/mol. The Balaban J connectivity index is 3.56. The number of halogens is 2. The maximum atomic E-state index is 10.7. The highest BCUT2D eigenvalue weighted by molar-refractivity contribution is 9.10. The molecule has 0 fully saturated rings. The topological polar surface area (TPSA) is 78.4 Å². The highest BCUT2D eigenvalue weighted by Crippen LogP contribution is 2.43. The van der Waals surface area contributed by atoms with Gasteiger partial charge in [-0.1, -0.05) is 11.6 Å². The van der Waals surface area contributed by atoms with Crippen LogP contribution in [0.1, 0.15) is 0 Å². The number of methoxy groups -OCH3 is 1. The van der Waals surface area contributed by atoms with Gasteiger partial charge >= 0.3 is 5.69 Å². The van der Waals surface area contributed by atoms with Gasteiger partial charge in [0.2, 0.25) is 5.75 Å². The number of nitrogens with zero attached hydrogens (tertiary/aromatic N) is 1. The van der Waals surface area contributed by atoms with Gasteiger partial charge in [0.1, 0.15) is 5.69 Å². The average Bonchev–Trinajstić information content (AvgIpc) is 2.10. The van der Waals surface area contributed by atoms with Crippen LogP contribution in [0.4, 0.5) is 11.4 Å². The third-order valence-electron chi connectivity index (χ3n) is 1.58. The number of nitrogens with two attached hydrogens (primary N) is 1. The first kappa shape index (κ1) is 11.1. The van der Waals surface area contributed by atoms with Crippen LogP contribution in [0.25, 0.3) is 0 Å². The molecule has 0 spiro atoms. The highest BCUT2D eigenvalue weighted by atomic mass is 79.9. The lowest BCUT2D eigenvalue weighted by Crippen LogP contribution is -2.00. The first-order valence-electron chi connectivity index (χ1n) is 3.45. The second kappa shape index (κ2) is 4.02. The Hall–Kier alpha value is -1.01. The number of benzene rings is 1. The number of anilines is 1. The standard InChI is InChI=1S/C7H6BrClN2O3/c1-14-7-3(8)2-4(9)5(10)6(7)11(12)13/h2H,10H2,1H3. The van der Waals surface area contributed by atoms with Gasteiger partial charge in [-0.25, -0.2) is 0 Å². The van der Waals surface area contributed by atoms with Crippen molar-refractivity contribution in [2.45, 2.75) is 0 Å². The van der Waals surface area contributed by atoms with Gasteiger partial charge in [-0.15, -0.1) is 0 Å². The molecule has 0 bridgehead atoms. The van der Waals surface area contributed by atoms with Gasteiger partial charge in [-0.05, 0) is 22.0 Å².